The normalized spacial score (nSPS) is 14.8. The van der Waals surface area contributed by atoms with Crippen LogP contribution in [0.4, 0.5) is 8.78 Å². The molecule has 1 aromatic rings. The maximum absolute atomic E-state index is 13.6. The quantitative estimate of drug-likeness (QED) is 0.881. The van der Waals surface area contributed by atoms with Gasteiger partial charge in [-0.05, 0) is 24.3 Å². The number of amides is 1. The van der Waals surface area contributed by atoms with Crippen LogP contribution in [-0.4, -0.2) is 5.91 Å². The number of nitrogens with one attached hydrogen (secondary N) is 1. The zero-order chi connectivity index (χ0) is 15.5. The third-order valence-corrected chi connectivity index (χ3v) is 3.78. The van der Waals surface area contributed by atoms with E-state index in [9.17, 15) is 13.6 Å². The van der Waals surface area contributed by atoms with Gasteiger partial charge in [-0.1, -0.05) is 33.8 Å². The monoisotopic (exact) mass is 283 g/mol. The molecule has 0 heterocycles. The van der Waals surface area contributed by atoms with E-state index in [-0.39, 0.29) is 17.2 Å². The molecule has 4 heteroatoms. The van der Waals surface area contributed by atoms with E-state index in [0.717, 1.165) is 6.07 Å². The van der Waals surface area contributed by atoms with Gasteiger partial charge in [0.05, 0.1) is 6.04 Å². The highest BCUT2D eigenvalue weighted by molar-refractivity contribution is 5.76. The van der Waals surface area contributed by atoms with E-state index in [4.69, 9.17) is 0 Å². The Balaban J connectivity index is 2.66. The first-order valence-electron chi connectivity index (χ1n) is 6.85. The average Bonchev–Trinajstić information content (AvgIpc) is 2.26. The van der Waals surface area contributed by atoms with Gasteiger partial charge >= 0.3 is 0 Å². The fourth-order valence-corrected chi connectivity index (χ4v) is 1.82. The molecule has 20 heavy (non-hydrogen) atoms. The minimum atomic E-state index is -0.637. The van der Waals surface area contributed by atoms with E-state index in [2.05, 4.69) is 26.1 Å². The molecule has 0 aromatic heterocycles. The summed E-state index contributed by atoms with van der Waals surface area (Å²) in [7, 11) is 0. The van der Waals surface area contributed by atoms with Crippen molar-refractivity contribution < 1.29 is 13.6 Å². The van der Waals surface area contributed by atoms with Gasteiger partial charge in [0, 0.05) is 18.1 Å². The molecule has 2 nitrogen and oxygen atoms in total. The Hall–Kier alpha value is -1.45. The average molecular weight is 283 g/mol. The molecule has 0 saturated carbocycles. The molecule has 2 unspecified atom stereocenters. The van der Waals surface area contributed by atoms with Crippen molar-refractivity contribution in [2.24, 2.45) is 11.3 Å². The summed E-state index contributed by atoms with van der Waals surface area (Å²) in [5.74, 6) is -1.16. The first kappa shape index (κ1) is 16.6. The van der Waals surface area contributed by atoms with Crippen molar-refractivity contribution >= 4 is 5.91 Å². The Kier molecular flexibility index (Phi) is 5.26. The first-order valence-corrected chi connectivity index (χ1v) is 6.85. The number of hydrogen-bond acceptors (Lipinski definition) is 1. The van der Waals surface area contributed by atoms with Crippen molar-refractivity contribution in [1.29, 1.82) is 0 Å². The zero-order valence-corrected chi connectivity index (χ0v) is 12.8. The van der Waals surface area contributed by atoms with Crippen molar-refractivity contribution in [3.05, 3.63) is 35.4 Å². The van der Waals surface area contributed by atoms with Crippen molar-refractivity contribution in [2.75, 3.05) is 0 Å². The minimum absolute atomic E-state index is 0.0434. The van der Waals surface area contributed by atoms with Crippen LogP contribution in [0.2, 0.25) is 0 Å². The van der Waals surface area contributed by atoms with E-state index in [1.165, 1.54) is 12.1 Å². The Morgan fingerprint density at radius 3 is 2.35 bits per heavy atom. The molecular weight excluding hydrogens is 260 g/mol. The SMILES string of the molecule is CC(NC(=O)CC(C)C(C)(C)C)c1ccc(F)cc1F. The van der Waals surface area contributed by atoms with Gasteiger partial charge < -0.3 is 5.32 Å². The van der Waals surface area contributed by atoms with Crippen LogP contribution < -0.4 is 5.32 Å². The molecule has 0 fully saturated rings. The molecule has 1 amide bonds. The number of rotatable bonds is 4. The van der Waals surface area contributed by atoms with Crippen molar-refractivity contribution in [3.8, 4) is 0 Å². The lowest BCUT2D eigenvalue weighted by Crippen LogP contribution is -2.31. The second kappa shape index (κ2) is 6.33. The molecule has 0 saturated heterocycles. The molecule has 2 atom stereocenters. The highest BCUT2D eigenvalue weighted by Crippen LogP contribution is 2.28. The number of carbonyl (C=O) groups excluding carboxylic acids is 1. The molecular formula is C16H23F2NO. The molecule has 1 aromatic carbocycles. The highest BCUT2D eigenvalue weighted by atomic mass is 19.1. The molecule has 0 aliphatic heterocycles. The fourth-order valence-electron chi connectivity index (χ4n) is 1.82. The first-order chi connectivity index (χ1) is 9.11. The summed E-state index contributed by atoms with van der Waals surface area (Å²) in [6.07, 6.45) is 0.386. The maximum atomic E-state index is 13.6. The van der Waals surface area contributed by atoms with Gasteiger partial charge in [-0.25, -0.2) is 8.78 Å². The largest absolute Gasteiger partial charge is 0.349 e. The van der Waals surface area contributed by atoms with Gasteiger partial charge in [0.25, 0.3) is 0 Å². The Bertz CT molecular complexity index is 480. The molecule has 1 N–H and O–H groups in total. The smallest absolute Gasteiger partial charge is 0.220 e. The number of carbonyl (C=O) groups is 1. The van der Waals surface area contributed by atoms with Gasteiger partial charge in [0.1, 0.15) is 11.6 Å². The summed E-state index contributed by atoms with van der Waals surface area (Å²) in [5, 5.41) is 2.76. The molecule has 0 spiro atoms. The minimum Gasteiger partial charge on any atom is -0.349 e. The van der Waals surface area contributed by atoms with E-state index < -0.39 is 17.7 Å². The van der Waals surface area contributed by atoms with Crippen molar-refractivity contribution in [1.82, 2.24) is 5.32 Å². The predicted molar refractivity (Wildman–Crippen MR) is 76.2 cm³/mol. The molecule has 0 aliphatic rings. The highest BCUT2D eigenvalue weighted by Gasteiger charge is 2.23. The van der Waals surface area contributed by atoms with Crippen LogP contribution >= 0.6 is 0 Å². The third kappa shape index (κ3) is 4.58. The van der Waals surface area contributed by atoms with E-state index in [0.29, 0.717) is 12.0 Å². The number of hydrogen-bond donors (Lipinski definition) is 1. The fraction of sp³-hybridized carbons (Fsp3) is 0.562. The van der Waals surface area contributed by atoms with E-state index in [1.54, 1.807) is 6.92 Å². The van der Waals surface area contributed by atoms with Crippen LogP contribution in [0.15, 0.2) is 18.2 Å². The molecule has 0 bridgehead atoms. The molecule has 0 radical (unpaired) electrons. The second-order valence-electron chi connectivity index (χ2n) is 6.43. The molecule has 1 rings (SSSR count). The summed E-state index contributed by atoms with van der Waals surface area (Å²) in [4.78, 5) is 12.0. The zero-order valence-electron chi connectivity index (χ0n) is 12.8. The van der Waals surface area contributed by atoms with Crippen molar-refractivity contribution in [2.45, 2.75) is 47.1 Å². The Labute approximate surface area is 119 Å². The van der Waals surface area contributed by atoms with E-state index >= 15 is 0 Å². The van der Waals surface area contributed by atoms with Crippen LogP contribution in [0, 0.1) is 23.0 Å². The lowest BCUT2D eigenvalue weighted by Gasteiger charge is -2.27. The third-order valence-electron chi connectivity index (χ3n) is 3.78. The summed E-state index contributed by atoms with van der Waals surface area (Å²) in [6, 6.07) is 2.91. The van der Waals surface area contributed by atoms with Crippen LogP contribution in [0.5, 0.6) is 0 Å². The van der Waals surface area contributed by atoms with Crippen LogP contribution in [-0.2, 0) is 4.79 Å². The van der Waals surface area contributed by atoms with Crippen LogP contribution in [0.25, 0.3) is 0 Å². The summed E-state index contributed by atoms with van der Waals surface area (Å²) >= 11 is 0. The van der Waals surface area contributed by atoms with Crippen LogP contribution in [0.1, 0.15) is 52.6 Å². The van der Waals surface area contributed by atoms with Gasteiger partial charge in [-0.2, -0.15) is 0 Å². The maximum Gasteiger partial charge on any atom is 0.220 e. The van der Waals surface area contributed by atoms with Crippen molar-refractivity contribution in [3.63, 3.8) is 0 Å². The Morgan fingerprint density at radius 2 is 1.85 bits per heavy atom. The lowest BCUT2D eigenvalue weighted by atomic mass is 9.80. The second-order valence-corrected chi connectivity index (χ2v) is 6.43. The van der Waals surface area contributed by atoms with Gasteiger partial charge in [0.15, 0.2) is 0 Å². The van der Waals surface area contributed by atoms with E-state index in [1.807, 2.05) is 6.92 Å². The van der Waals surface area contributed by atoms with Gasteiger partial charge in [-0.3, -0.25) is 4.79 Å². The summed E-state index contributed by atoms with van der Waals surface area (Å²) < 4.78 is 26.5. The summed E-state index contributed by atoms with van der Waals surface area (Å²) in [5.41, 5.74) is 0.338. The molecule has 112 valence electrons. The molecule has 0 aliphatic carbocycles. The summed E-state index contributed by atoms with van der Waals surface area (Å²) in [6.45, 7) is 9.94. The van der Waals surface area contributed by atoms with Gasteiger partial charge in [-0.15, -0.1) is 0 Å². The number of benzene rings is 1. The van der Waals surface area contributed by atoms with Gasteiger partial charge in [0.2, 0.25) is 5.91 Å². The predicted octanol–water partition coefficient (Wildman–Crippen LogP) is 4.21. The van der Waals surface area contributed by atoms with Crippen LogP contribution in [0.3, 0.4) is 0 Å². The standard InChI is InChI=1S/C16H23F2NO/c1-10(16(3,4)5)8-15(20)19-11(2)13-7-6-12(17)9-14(13)18/h6-7,9-11H,8H2,1-5H3,(H,19,20). The topological polar surface area (TPSA) is 29.1 Å². The lowest BCUT2D eigenvalue weighted by molar-refractivity contribution is -0.123. The number of halogens is 2. The Morgan fingerprint density at radius 1 is 1.25 bits per heavy atom.